The molecule has 6 nitrogen and oxygen atoms in total. The van der Waals surface area contributed by atoms with Gasteiger partial charge in [0.2, 0.25) is 5.91 Å². The van der Waals surface area contributed by atoms with Gasteiger partial charge in [-0.1, -0.05) is 17.7 Å². The topological polar surface area (TPSA) is 79.7 Å². The quantitative estimate of drug-likeness (QED) is 0.844. The molecule has 2 aliphatic rings. The van der Waals surface area contributed by atoms with E-state index < -0.39 is 11.9 Å². The van der Waals surface area contributed by atoms with Gasteiger partial charge in [-0.25, -0.2) is 9.78 Å². The molecule has 0 saturated carbocycles. The third kappa shape index (κ3) is 3.30. The fourth-order valence-corrected chi connectivity index (χ4v) is 3.50. The van der Waals surface area contributed by atoms with Crippen LogP contribution in [0.3, 0.4) is 0 Å². The van der Waals surface area contributed by atoms with Crippen molar-refractivity contribution >= 4 is 23.5 Å². The van der Waals surface area contributed by atoms with Crippen molar-refractivity contribution < 1.29 is 19.4 Å². The maximum absolute atomic E-state index is 12.6. The summed E-state index contributed by atoms with van der Waals surface area (Å²) in [5.41, 5.74) is 1.40. The molecule has 1 amide bonds. The van der Waals surface area contributed by atoms with E-state index in [-0.39, 0.29) is 24.0 Å². The third-order valence-electron chi connectivity index (χ3n) is 4.62. The molecule has 1 N–H and O–H groups in total. The number of halogens is 1. The number of pyridine rings is 1. The number of allylic oxidation sites excluding steroid dienone is 1. The van der Waals surface area contributed by atoms with Crippen LogP contribution < -0.4 is 0 Å². The minimum absolute atomic E-state index is 0.0207. The first-order chi connectivity index (χ1) is 11.5. The van der Waals surface area contributed by atoms with Crippen molar-refractivity contribution in [2.45, 2.75) is 38.2 Å². The Morgan fingerprint density at radius 3 is 2.88 bits per heavy atom. The van der Waals surface area contributed by atoms with Crippen LogP contribution in [0, 0.1) is 0 Å². The Morgan fingerprint density at radius 2 is 2.29 bits per heavy atom. The van der Waals surface area contributed by atoms with E-state index >= 15 is 0 Å². The van der Waals surface area contributed by atoms with Crippen molar-refractivity contribution in [3.8, 4) is 0 Å². The van der Waals surface area contributed by atoms with Gasteiger partial charge in [0.15, 0.2) is 0 Å². The second-order valence-corrected chi connectivity index (χ2v) is 6.50. The number of carboxylic acids is 1. The highest BCUT2D eigenvalue weighted by Gasteiger charge is 2.37. The number of nitrogens with zero attached hydrogens (tertiary/aromatic N) is 2. The molecule has 0 aliphatic carbocycles. The summed E-state index contributed by atoms with van der Waals surface area (Å²) in [5.74, 6) is -1.62. The highest BCUT2D eigenvalue weighted by Crippen LogP contribution is 2.37. The van der Waals surface area contributed by atoms with Gasteiger partial charge in [0, 0.05) is 30.8 Å². The lowest BCUT2D eigenvalue weighted by Crippen LogP contribution is -2.41. The van der Waals surface area contributed by atoms with Gasteiger partial charge in [0.05, 0.1) is 18.2 Å². The highest BCUT2D eigenvalue weighted by molar-refractivity contribution is 6.29. The highest BCUT2D eigenvalue weighted by atomic mass is 35.5. The number of hydrogen-bond acceptors (Lipinski definition) is 4. The molecule has 7 heteroatoms. The Morgan fingerprint density at radius 1 is 1.50 bits per heavy atom. The van der Waals surface area contributed by atoms with Crippen LogP contribution in [-0.4, -0.2) is 46.1 Å². The van der Waals surface area contributed by atoms with E-state index in [4.69, 9.17) is 16.3 Å². The lowest BCUT2D eigenvalue weighted by Gasteiger charge is -2.35. The molecular formula is C17H19ClN2O4. The van der Waals surface area contributed by atoms with E-state index in [0.29, 0.717) is 29.6 Å². The number of rotatable bonds is 4. The molecule has 24 heavy (non-hydrogen) atoms. The monoisotopic (exact) mass is 350 g/mol. The summed E-state index contributed by atoms with van der Waals surface area (Å²) in [7, 11) is 0. The van der Waals surface area contributed by atoms with Gasteiger partial charge in [0.1, 0.15) is 5.15 Å². The zero-order valence-electron chi connectivity index (χ0n) is 13.4. The van der Waals surface area contributed by atoms with E-state index in [9.17, 15) is 14.7 Å². The van der Waals surface area contributed by atoms with Crippen molar-refractivity contribution in [2.24, 2.45) is 0 Å². The van der Waals surface area contributed by atoms with Crippen molar-refractivity contribution in [1.29, 1.82) is 0 Å². The molecule has 0 bridgehead atoms. The zero-order chi connectivity index (χ0) is 17.3. The molecule has 3 heterocycles. The van der Waals surface area contributed by atoms with Crippen LogP contribution in [0.5, 0.6) is 0 Å². The second-order valence-electron chi connectivity index (χ2n) is 6.11. The number of amides is 1. The molecular weight excluding hydrogens is 332 g/mol. The van der Waals surface area contributed by atoms with Gasteiger partial charge in [-0.15, -0.1) is 0 Å². The van der Waals surface area contributed by atoms with Gasteiger partial charge in [-0.05, 0) is 31.4 Å². The molecule has 0 radical (unpaired) electrons. The second kappa shape index (κ2) is 6.91. The number of hydrogen-bond donors (Lipinski definition) is 1. The number of carbonyl (C=O) groups is 2. The molecule has 1 aromatic rings. The van der Waals surface area contributed by atoms with Crippen LogP contribution in [0.2, 0.25) is 5.15 Å². The first-order valence-electron chi connectivity index (χ1n) is 7.95. The fraction of sp³-hybridized carbons (Fsp3) is 0.471. The minimum Gasteiger partial charge on any atom is -0.478 e. The summed E-state index contributed by atoms with van der Waals surface area (Å²) in [6.07, 6.45) is 3.48. The molecule has 0 aromatic carbocycles. The number of carbonyl (C=O) groups excluding carboxylic acids is 1. The van der Waals surface area contributed by atoms with E-state index in [1.165, 1.54) is 6.20 Å². The standard InChI is InChI=1S/C17H19ClN2O4/c1-10-16(17(22)23)13(11-4-5-14(18)19-8-11)7-15(21)20(10)9-12-3-2-6-24-12/h4-5,8,12-13H,2-3,6-7,9H2,1H3,(H,22,23)/t12-,13?/m0/s1. The molecule has 2 aliphatic heterocycles. The molecule has 1 fully saturated rings. The molecule has 1 unspecified atom stereocenters. The Kier molecular flexibility index (Phi) is 4.87. The Balaban J connectivity index is 1.94. The summed E-state index contributed by atoms with van der Waals surface area (Å²) in [6, 6.07) is 3.33. The maximum Gasteiger partial charge on any atom is 0.333 e. The molecule has 2 atom stereocenters. The minimum atomic E-state index is -1.02. The summed E-state index contributed by atoms with van der Waals surface area (Å²) in [6.45, 7) is 2.79. The summed E-state index contributed by atoms with van der Waals surface area (Å²) < 4.78 is 5.58. The van der Waals surface area contributed by atoms with Crippen molar-refractivity contribution in [1.82, 2.24) is 9.88 Å². The predicted molar refractivity (Wildman–Crippen MR) is 87.6 cm³/mol. The van der Waals surface area contributed by atoms with Gasteiger partial charge in [-0.2, -0.15) is 0 Å². The zero-order valence-corrected chi connectivity index (χ0v) is 14.1. The van der Waals surface area contributed by atoms with Gasteiger partial charge in [-0.3, -0.25) is 4.79 Å². The first kappa shape index (κ1) is 16.9. The van der Waals surface area contributed by atoms with Gasteiger partial charge >= 0.3 is 5.97 Å². The van der Waals surface area contributed by atoms with E-state index in [2.05, 4.69) is 4.98 Å². The molecule has 128 valence electrons. The first-order valence-corrected chi connectivity index (χ1v) is 8.32. The Hall–Kier alpha value is -1.92. The average molecular weight is 351 g/mol. The number of ether oxygens (including phenoxy) is 1. The smallest absolute Gasteiger partial charge is 0.333 e. The lowest BCUT2D eigenvalue weighted by atomic mass is 9.84. The molecule has 1 aromatic heterocycles. The SMILES string of the molecule is CC1=C(C(=O)O)C(c2ccc(Cl)nc2)CC(=O)N1C[C@@H]1CCCO1. The Bertz CT molecular complexity index is 680. The number of aliphatic carboxylic acids is 1. The molecule has 3 rings (SSSR count). The van der Waals surface area contributed by atoms with E-state index in [1.807, 2.05) is 0 Å². The van der Waals surface area contributed by atoms with Crippen LogP contribution in [0.1, 0.15) is 37.7 Å². The summed E-state index contributed by atoms with van der Waals surface area (Å²) in [4.78, 5) is 30.0. The van der Waals surface area contributed by atoms with Crippen LogP contribution in [0.4, 0.5) is 0 Å². The molecule has 0 spiro atoms. The maximum atomic E-state index is 12.6. The van der Waals surface area contributed by atoms with Crippen LogP contribution >= 0.6 is 11.6 Å². The summed E-state index contributed by atoms with van der Waals surface area (Å²) in [5, 5.41) is 10.0. The van der Waals surface area contributed by atoms with Crippen molar-refractivity contribution in [3.05, 3.63) is 40.3 Å². The average Bonchev–Trinajstić information content (AvgIpc) is 3.04. The number of carboxylic acid groups (broad SMARTS) is 1. The molecule has 1 saturated heterocycles. The van der Waals surface area contributed by atoms with E-state index in [0.717, 1.165) is 12.8 Å². The van der Waals surface area contributed by atoms with Gasteiger partial charge in [0.25, 0.3) is 0 Å². The van der Waals surface area contributed by atoms with Crippen molar-refractivity contribution in [3.63, 3.8) is 0 Å². The fourth-order valence-electron chi connectivity index (χ4n) is 3.38. The van der Waals surface area contributed by atoms with Crippen LogP contribution in [0.15, 0.2) is 29.6 Å². The van der Waals surface area contributed by atoms with Crippen LogP contribution in [0.25, 0.3) is 0 Å². The largest absolute Gasteiger partial charge is 0.478 e. The van der Waals surface area contributed by atoms with Gasteiger partial charge < -0.3 is 14.7 Å². The third-order valence-corrected chi connectivity index (χ3v) is 4.84. The summed E-state index contributed by atoms with van der Waals surface area (Å²) >= 11 is 5.80. The van der Waals surface area contributed by atoms with E-state index in [1.54, 1.807) is 24.0 Å². The Labute approximate surface area is 145 Å². The lowest BCUT2D eigenvalue weighted by molar-refractivity contribution is -0.135. The normalized spacial score (nSPS) is 24.6. The predicted octanol–water partition coefficient (Wildman–Crippen LogP) is 2.59. The van der Waals surface area contributed by atoms with Crippen molar-refractivity contribution in [2.75, 3.05) is 13.2 Å². The van der Waals surface area contributed by atoms with Crippen LogP contribution in [-0.2, 0) is 14.3 Å². The number of aromatic nitrogens is 1.